The Hall–Kier alpha value is -1.40. The van der Waals surface area contributed by atoms with E-state index < -0.39 is 0 Å². The number of methoxy groups -OCH3 is 1. The van der Waals surface area contributed by atoms with E-state index in [1.54, 1.807) is 4.90 Å². The quantitative estimate of drug-likeness (QED) is 0.772. The summed E-state index contributed by atoms with van der Waals surface area (Å²) in [6.07, 6.45) is 0.261. The highest BCUT2D eigenvalue weighted by Gasteiger charge is 2.26. The Labute approximate surface area is 132 Å². The summed E-state index contributed by atoms with van der Waals surface area (Å²) in [5, 5.41) is 0. The Balaban J connectivity index is 1.89. The summed E-state index contributed by atoms with van der Waals surface area (Å²) in [7, 11) is 1.35. The summed E-state index contributed by atoms with van der Waals surface area (Å²) < 4.78 is 11.1. The van der Waals surface area contributed by atoms with Gasteiger partial charge in [-0.15, -0.1) is 0 Å². The van der Waals surface area contributed by atoms with Gasteiger partial charge in [0.1, 0.15) is 0 Å². The molecule has 1 aromatic carbocycles. The Kier molecular flexibility index (Phi) is 5.76. The zero-order valence-electron chi connectivity index (χ0n) is 11.9. The van der Waals surface area contributed by atoms with Gasteiger partial charge in [-0.25, -0.2) is 0 Å². The molecule has 1 aliphatic rings. The fourth-order valence-corrected chi connectivity index (χ4v) is 2.49. The van der Waals surface area contributed by atoms with Crippen LogP contribution in [0.3, 0.4) is 0 Å². The van der Waals surface area contributed by atoms with E-state index in [0.29, 0.717) is 26.1 Å². The first-order valence-corrected chi connectivity index (χ1v) is 7.58. The molecule has 0 radical (unpaired) electrons. The number of nitrogens with zero attached hydrogens (tertiary/aromatic N) is 1. The molecule has 1 aliphatic heterocycles. The topological polar surface area (TPSA) is 55.8 Å². The molecule has 6 heteroatoms. The molecule has 1 amide bonds. The Morgan fingerprint density at radius 2 is 2.10 bits per heavy atom. The van der Waals surface area contributed by atoms with Crippen LogP contribution < -0.4 is 0 Å². The summed E-state index contributed by atoms with van der Waals surface area (Å²) in [6.45, 7) is 1.45. The van der Waals surface area contributed by atoms with Gasteiger partial charge in [-0.05, 0) is 17.7 Å². The van der Waals surface area contributed by atoms with E-state index in [1.165, 1.54) is 7.11 Å². The van der Waals surface area contributed by atoms with Crippen molar-refractivity contribution in [3.8, 4) is 0 Å². The number of carbonyl (C=O) groups is 2. The lowest BCUT2D eigenvalue weighted by atomic mass is 10.1. The molecule has 0 N–H and O–H groups in total. The third-order valence-electron chi connectivity index (χ3n) is 3.38. The summed E-state index contributed by atoms with van der Waals surface area (Å²) in [4.78, 5) is 25.3. The van der Waals surface area contributed by atoms with E-state index in [2.05, 4.69) is 20.7 Å². The molecule has 1 heterocycles. The zero-order valence-corrected chi connectivity index (χ0v) is 13.5. The highest BCUT2D eigenvalue weighted by atomic mass is 79.9. The third kappa shape index (κ3) is 4.82. The van der Waals surface area contributed by atoms with Crippen LogP contribution >= 0.6 is 15.9 Å². The molecular formula is C15H18BrNO4. The minimum absolute atomic E-state index is 0.0514. The molecule has 114 valence electrons. The van der Waals surface area contributed by atoms with Gasteiger partial charge in [-0.2, -0.15) is 0 Å². The molecule has 1 atom stereocenters. The van der Waals surface area contributed by atoms with Crippen LogP contribution in [0.4, 0.5) is 0 Å². The highest BCUT2D eigenvalue weighted by molar-refractivity contribution is 9.10. The van der Waals surface area contributed by atoms with Gasteiger partial charge in [0, 0.05) is 17.6 Å². The molecule has 1 aromatic rings. The first-order valence-electron chi connectivity index (χ1n) is 6.79. The van der Waals surface area contributed by atoms with Crippen LogP contribution in [-0.2, 0) is 25.5 Å². The van der Waals surface area contributed by atoms with Gasteiger partial charge in [-0.1, -0.05) is 28.1 Å². The molecule has 1 unspecified atom stereocenters. The molecule has 0 spiro atoms. The van der Waals surface area contributed by atoms with Gasteiger partial charge in [0.2, 0.25) is 5.91 Å². The second-order valence-electron chi connectivity index (χ2n) is 4.92. The molecule has 1 fully saturated rings. The van der Waals surface area contributed by atoms with Crippen molar-refractivity contribution in [2.45, 2.75) is 18.9 Å². The first-order chi connectivity index (χ1) is 10.1. The standard InChI is InChI=1S/C15H18BrNO4/c1-20-15(19)9-13-10-17(6-7-21-13)14(18)8-11-2-4-12(16)5-3-11/h2-5,13H,6-10H2,1H3. The summed E-state index contributed by atoms with van der Waals surface area (Å²) in [5.41, 5.74) is 0.971. The molecule has 0 aliphatic carbocycles. The molecule has 21 heavy (non-hydrogen) atoms. The smallest absolute Gasteiger partial charge is 0.308 e. The van der Waals surface area contributed by atoms with Crippen molar-refractivity contribution in [1.82, 2.24) is 4.90 Å². The summed E-state index contributed by atoms with van der Waals surface area (Å²) in [6, 6.07) is 7.69. The van der Waals surface area contributed by atoms with Gasteiger partial charge in [0.15, 0.2) is 0 Å². The SMILES string of the molecule is COC(=O)CC1CN(C(=O)Cc2ccc(Br)cc2)CCO1. The van der Waals surface area contributed by atoms with Gasteiger partial charge >= 0.3 is 5.97 Å². The van der Waals surface area contributed by atoms with Crippen molar-refractivity contribution in [2.75, 3.05) is 26.8 Å². The van der Waals surface area contributed by atoms with E-state index >= 15 is 0 Å². The first kappa shape index (κ1) is 16.0. The maximum absolute atomic E-state index is 12.3. The Morgan fingerprint density at radius 3 is 2.76 bits per heavy atom. The number of halogens is 1. The summed E-state index contributed by atoms with van der Waals surface area (Å²) in [5.74, 6) is -0.266. The van der Waals surface area contributed by atoms with Crippen LogP contribution in [0.1, 0.15) is 12.0 Å². The average Bonchev–Trinajstić information content (AvgIpc) is 2.49. The number of ether oxygens (including phenoxy) is 2. The molecular weight excluding hydrogens is 338 g/mol. The third-order valence-corrected chi connectivity index (χ3v) is 3.91. The Morgan fingerprint density at radius 1 is 1.38 bits per heavy atom. The summed E-state index contributed by atoms with van der Waals surface area (Å²) >= 11 is 3.37. The highest BCUT2D eigenvalue weighted by Crippen LogP contribution is 2.14. The maximum Gasteiger partial charge on any atom is 0.308 e. The van der Waals surface area contributed by atoms with Gasteiger partial charge < -0.3 is 14.4 Å². The predicted molar refractivity (Wildman–Crippen MR) is 80.8 cm³/mol. The number of carbonyl (C=O) groups excluding carboxylic acids is 2. The number of morpholine rings is 1. The van der Waals surface area contributed by atoms with Gasteiger partial charge in [0.25, 0.3) is 0 Å². The minimum atomic E-state index is -0.317. The number of benzene rings is 1. The van der Waals surface area contributed by atoms with Crippen LogP contribution in [0, 0.1) is 0 Å². The second-order valence-corrected chi connectivity index (χ2v) is 5.83. The molecule has 0 aromatic heterocycles. The molecule has 0 saturated carbocycles. The van der Waals surface area contributed by atoms with Crippen molar-refractivity contribution in [3.05, 3.63) is 34.3 Å². The monoisotopic (exact) mass is 355 g/mol. The average molecular weight is 356 g/mol. The van der Waals surface area contributed by atoms with Gasteiger partial charge in [-0.3, -0.25) is 9.59 Å². The lowest BCUT2D eigenvalue weighted by Gasteiger charge is -2.32. The van der Waals surface area contributed by atoms with Crippen molar-refractivity contribution in [3.63, 3.8) is 0 Å². The number of esters is 1. The number of hydrogen-bond donors (Lipinski definition) is 0. The molecule has 2 rings (SSSR count). The number of rotatable bonds is 4. The minimum Gasteiger partial charge on any atom is -0.469 e. The maximum atomic E-state index is 12.3. The molecule has 1 saturated heterocycles. The lowest BCUT2D eigenvalue weighted by Crippen LogP contribution is -2.46. The van der Waals surface area contributed by atoms with Crippen LogP contribution in [0.5, 0.6) is 0 Å². The molecule has 5 nitrogen and oxygen atoms in total. The van der Waals surface area contributed by atoms with Crippen LogP contribution in [0.15, 0.2) is 28.7 Å². The Bertz CT molecular complexity index is 503. The van der Waals surface area contributed by atoms with E-state index in [9.17, 15) is 9.59 Å². The number of amides is 1. The van der Waals surface area contributed by atoms with Crippen LogP contribution in [0.25, 0.3) is 0 Å². The largest absolute Gasteiger partial charge is 0.469 e. The van der Waals surface area contributed by atoms with Crippen molar-refractivity contribution in [1.29, 1.82) is 0 Å². The fourth-order valence-electron chi connectivity index (χ4n) is 2.23. The van der Waals surface area contributed by atoms with E-state index in [1.807, 2.05) is 24.3 Å². The molecule has 0 bridgehead atoms. The van der Waals surface area contributed by atoms with E-state index in [0.717, 1.165) is 10.0 Å². The van der Waals surface area contributed by atoms with Crippen molar-refractivity contribution < 1.29 is 19.1 Å². The fraction of sp³-hybridized carbons (Fsp3) is 0.467. The van der Waals surface area contributed by atoms with E-state index in [-0.39, 0.29) is 24.4 Å². The number of hydrogen-bond acceptors (Lipinski definition) is 4. The van der Waals surface area contributed by atoms with Crippen molar-refractivity contribution in [2.24, 2.45) is 0 Å². The second kappa shape index (κ2) is 7.56. The van der Waals surface area contributed by atoms with Crippen LogP contribution in [-0.4, -0.2) is 49.7 Å². The van der Waals surface area contributed by atoms with Crippen LogP contribution in [0.2, 0.25) is 0 Å². The zero-order chi connectivity index (χ0) is 15.2. The lowest BCUT2D eigenvalue weighted by molar-refractivity contribution is -0.149. The van der Waals surface area contributed by atoms with E-state index in [4.69, 9.17) is 4.74 Å². The van der Waals surface area contributed by atoms with Gasteiger partial charge in [0.05, 0.1) is 32.7 Å². The predicted octanol–water partition coefficient (Wildman–Crippen LogP) is 1.78. The van der Waals surface area contributed by atoms with Crippen molar-refractivity contribution >= 4 is 27.8 Å². The normalized spacial score (nSPS) is 18.4.